The van der Waals surface area contributed by atoms with E-state index >= 15 is 0 Å². The summed E-state index contributed by atoms with van der Waals surface area (Å²) in [4.78, 5) is 4.35. The SMILES string of the molecule is CC[C@H](/C(=N/Nc1c(Cl)cc(Cl)cc1Cl)c1ccccc1)n1ccnc1C. The van der Waals surface area contributed by atoms with Gasteiger partial charge in [0.25, 0.3) is 0 Å². The molecule has 27 heavy (non-hydrogen) atoms. The minimum atomic E-state index is 0.00671. The van der Waals surface area contributed by atoms with Crippen molar-refractivity contribution in [2.45, 2.75) is 26.3 Å². The van der Waals surface area contributed by atoms with E-state index in [1.807, 2.05) is 43.5 Å². The lowest BCUT2D eigenvalue weighted by molar-refractivity contribution is 0.600. The Morgan fingerprint density at radius 3 is 2.37 bits per heavy atom. The number of aryl methyl sites for hydroxylation is 1. The summed E-state index contributed by atoms with van der Waals surface area (Å²) in [5.41, 5.74) is 5.42. The van der Waals surface area contributed by atoms with Crippen LogP contribution in [-0.2, 0) is 0 Å². The number of hydrogen-bond acceptors (Lipinski definition) is 3. The molecule has 140 valence electrons. The van der Waals surface area contributed by atoms with Gasteiger partial charge in [0, 0.05) is 17.4 Å². The number of anilines is 1. The summed E-state index contributed by atoms with van der Waals surface area (Å²) in [5.74, 6) is 0.924. The van der Waals surface area contributed by atoms with Gasteiger partial charge in [-0.3, -0.25) is 5.43 Å². The molecule has 0 saturated carbocycles. The van der Waals surface area contributed by atoms with Crippen LogP contribution in [0, 0.1) is 6.92 Å². The molecule has 0 bridgehead atoms. The van der Waals surface area contributed by atoms with Gasteiger partial charge in [0.05, 0.1) is 27.5 Å². The number of hydrazone groups is 1. The number of nitrogens with zero attached hydrogens (tertiary/aromatic N) is 3. The summed E-state index contributed by atoms with van der Waals surface area (Å²) in [5, 5.41) is 5.99. The minimum absolute atomic E-state index is 0.00671. The number of rotatable bonds is 6. The van der Waals surface area contributed by atoms with E-state index in [2.05, 4.69) is 27.0 Å². The van der Waals surface area contributed by atoms with Crippen LogP contribution in [0.4, 0.5) is 5.69 Å². The van der Waals surface area contributed by atoms with E-state index in [-0.39, 0.29) is 6.04 Å². The highest BCUT2D eigenvalue weighted by atomic mass is 35.5. The van der Waals surface area contributed by atoms with Gasteiger partial charge in [-0.2, -0.15) is 5.10 Å². The molecule has 0 aliphatic rings. The second-order valence-electron chi connectivity index (χ2n) is 6.03. The Balaban J connectivity index is 2.05. The maximum atomic E-state index is 6.29. The highest BCUT2D eigenvalue weighted by Gasteiger charge is 2.20. The second kappa shape index (κ2) is 8.79. The molecule has 0 spiro atoms. The van der Waals surface area contributed by atoms with Gasteiger partial charge >= 0.3 is 0 Å². The largest absolute Gasteiger partial charge is 0.326 e. The molecule has 3 aromatic rings. The third kappa shape index (κ3) is 4.46. The third-order valence-electron chi connectivity index (χ3n) is 4.27. The van der Waals surface area contributed by atoms with Crippen molar-refractivity contribution in [2.24, 2.45) is 5.10 Å². The number of halogens is 3. The molecule has 1 aromatic heterocycles. The molecule has 0 aliphatic carbocycles. The summed E-state index contributed by atoms with van der Waals surface area (Å²) in [6.07, 6.45) is 4.60. The molecule has 1 heterocycles. The van der Waals surface area contributed by atoms with Gasteiger partial charge in [0.15, 0.2) is 0 Å². The van der Waals surface area contributed by atoms with Crippen LogP contribution in [0.1, 0.15) is 30.8 Å². The number of imidazole rings is 1. The summed E-state index contributed by atoms with van der Waals surface area (Å²) < 4.78 is 2.11. The Hall–Kier alpha value is -2.01. The summed E-state index contributed by atoms with van der Waals surface area (Å²) in [6, 6.07) is 13.3. The van der Waals surface area contributed by atoms with Crippen LogP contribution in [-0.4, -0.2) is 15.3 Å². The quantitative estimate of drug-likeness (QED) is 0.359. The first-order valence-electron chi connectivity index (χ1n) is 8.54. The highest BCUT2D eigenvalue weighted by molar-refractivity contribution is 6.41. The molecule has 0 saturated heterocycles. The lowest BCUT2D eigenvalue weighted by atomic mass is 10.0. The van der Waals surface area contributed by atoms with Gasteiger partial charge in [0.2, 0.25) is 0 Å². The van der Waals surface area contributed by atoms with Crippen molar-refractivity contribution >= 4 is 46.2 Å². The fourth-order valence-corrected chi connectivity index (χ4v) is 3.85. The van der Waals surface area contributed by atoms with Gasteiger partial charge in [-0.1, -0.05) is 72.1 Å². The average Bonchev–Trinajstić information content (AvgIpc) is 3.06. The number of nitrogens with one attached hydrogen (secondary N) is 1. The van der Waals surface area contributed by atoms with Crippen LogP contribution in [0.25, 0.3) is 0 Å². The standard InChI is InChI=1S/C20H19Cl3N4/c1-3-18(27-10-9-24-13(27)2)19(14-7-5-4-6-8-14)25-26-20-16(22)11-15(21)12-17(20)23/h4-12,18,26H,3H2,1-2H3/b25-19+/t18-/m1/s1. The monoisotopic (exact) mass is 420 g/mol. The van der Waals surface area contributed by atoms with Crippen molar-refractivity contribution in [3.63, 3.8) is 0 Å². The molecule has 1 N–H and O–H groups in total. The molecule has 0 radical (unpaired) electrons. The van der Waals surface area contributed by atoms with Crippen molar-refractivity contribution in [2.75, 3.05) is 5.43 Å². The van der Waals surface area contributed by atoms with E-state index in [1.165, 1.54) is 0 Å². The van der Waals surface area contributed by atoms with Crippen LogP contribution in [0.3, 0.4) is 0 Å². The molecule has 0 aliphatic heterocycles. The fraction of sp³-hybridized carbons (Fsp3) is 0.200. The van der Waals surface area contributed by atoms with Crippen LogP contribution < -0.4 is 5.43 Å². The van der Waals surface area contributed by atoms with Gasteiger partial charge < -0.3 is 4.57 Å². The lowest BCUT2D eigenvalue weighted by Gasteiger charge is -2.21. The van der Waals surface area contributed by atoms with Crippen LogP contribution in [0.5, 0.6) is 0 Å². The molecule has 0 unspecified atom stereocenters. The first-order valence-corrected chi connectivity index (χ1v) is 9.67. The van der Waals surface area contributed by atoms with Crippen LogP contribution in [0.2, 0.25) is 15.1 Å². The van der Waals surface area contributed by atoms with E-state index < -0.39 is 0 Å². The molecular formula is C20H19Cl3N4. The topological polar surface area (TPSA) is 42.2 Å². The summed E-state index contributed by atoms with van der Waals surface area (Å²) in [6.45, 7) is 4.09. The molecule has 0 amide bonds. The highest BCUT2D eigenvalue weighted by Crippen LogP contribution is 2.34. The first-order chi connectivity index (χ1) is 13.0. The maximum Gasteiger partial charge on any atom is 0.106 e. The van der Waals surface area contributed by atoms with E-state index in [1.54, 1.807) is 18.3 Å². The predicted molar refractivity (Wildman–Crippen MR) is 114 cm³/mol. The van der Waals surface area contributed by atoms with Gasteiger partial charge in [0.1, 0.15) is 5.82 Å². The van der Waals surface area contributed by atoms with Crippen molar-refractivity contribution in [3.8, 4) is 0 Å². The van der Waals surface area contributed by atoms with Crippen molar-refractivity contribution in [1.29, 1.82) is 0 Å². The molecule has 0 fully saturated rings. The van der Waals surface area contributed by atoms with E-state index in [4.69, 9.17) is 34.8 Å². The summed E-state index contributed by atoms with van der Waals surface area (Å²) >= 11 is 18.6. The average molecular weight is 422 g/mol. The molecule has 1 atom stereocenters. The molecule has 2 aromatic carbocycles. The number of aromatic nitrogens is 2. The minimum Gasteiger partial charge on any atom is -0.326 e. The molecule has 3 rings (SSSR count). The third-order valence-corrected chi connectivity index (χ3v) is 5.08. The smallest absolute Gasteiger partial charge is 0.106 e. The Morgan fingerprint density at radius 1 is 1.15 bits per heavy atom. The van der Waals surface area contributed by atoms with E-state index in [0.29, 0.717) is 20.8 Å². The maximum absolute atomic E-state index is 6.29. The first kappa shape index (κ1) is 19.7. The van der Waals surface area contributed by atoms with Crippen molar-refractivity contribution < 1.29 is 0 Å². The lowest BCUT2D eigenvalue weighted by Crippen LogP contribution is -2.22. The van der Waals surface area contributed by atoms with Crippen LogP contribution >= 0.6 is 34.8 Å². The van der Waals surface area contributed by atoms with E-state index in [0.717, 1.165) is 23.5 Å². The zero-order valence-electron chi connectivity index (χ0n) is 15.0. The Morgan fingerprint density at radius 2 is 1.81 bits per heavy atom. The van der Waals surface area contributed by atoms with Crippen molar-refractivity contribution in [3.05, 3.63) is 81.3 Å². The molecular weight excluding hydrogens is 403 g/mol. The predicted octanol–water partition coefficient (Wildman–Crippen LogP) is 6.62. The van der Waals surface area contributed by atoms with Gasteiger partial charge in [-0.15, -0.1) is 0 Å². The number of benzene rings is 2. The Labute approximate surface area is 173 Å². The van der Waals surface area contributed by atoms with Crippen LogP contribution in [0.15, 0.2) is 60.0 Å². The zero-order valence-corrected chi connectivity index (χ0v) is 17.2. The normalized spacial score (nSPS) is 12.9. The van der Waals surface area contributed by atoms with Gasteiger partial charge in [-0.05, 0) is 31.0 Å². The van der Waals surface area contributed by atoms with Gasteiger partial charge in [-0.25, -0.2) is 4.98 Å². The Kier molecular flexibility index (Phi) is 6.42. The molecule has 7 heteroatoms. The van der Waals surface area contributed by atoms with Crippen molar-refractivity contribution in [1.82, 2.24) is 9.55 Å². The summed E-state index contributed by atoms with van der Waals surface area (Å²) in [7, 11) is 0. The fourth-order valence-electron chi connectivity index (χ4n) is 2.94. The van der Waals surface area contributed by atoms with E-state index in [9.17, 15) is 0 Å². The molecule has 4 nitrogen and oxygen atoms in total. The Bertz CT molecular complexity index is 928. The number of hydrogen-bond donors (Lipinski definition) is 1. The second-order valence-corrected chi connectivity index (χ2v) is 7.28. The zero-order chi connectivity index (χ0) is 19.4.